The third-order valence-electron chi connectivity index (χ3n) is 2.60. The lowest BCUT2D eigenvalue weighted by molar-refractivity contribution is 0.0529. The SMILES string of the molecule is CC(C)(C)OC(=O)NCCC=Cc1cnc2[nH]ncc2c1. The van der Waals surface area contributed by atoms with E-state index in [0.717, 1.165) is 23.0 Å². The fraction of sp³-hybridized carbons (Fsp3) is 0.400. The van der Waals surface area contributed by atoms with Crippen molar-refractivity contribution in [1.82, 2.24) is 20.5 Å². The van der Waals surface area contributed by atoms with Gasteiger partial charge in [0.2, 0.25) is 0 Å². The molecule has 2 heterocycles. The van der Waals surface area contributed by atoms with Crippen molar-refractivity contribution in [3.8, 4) is 0 Å². The number of ether oxygens (including phenoxy) is 1. The Kier molecular flexibility index (Phi) is 4.57. The zero-order valence-corrected chi connectivity index (χ0v) is 12.5. The van der Waals surface area contributed by atoms with Gasteiger partial charge in [-0.3, -0.25) is 5.10 Å². The largest absolute Gasteiger partial charge is 0.444 e. The van der Waals surface area contributed by atoms with Gasteiger partial charge in [0, 0.05) is 18.1 Å². The first-order valence-corrected chi connectivity index (χ1v) is 6.86. The highest BCUT2D eigenvalue weighted by molar-refractivity contribution is 5.76. The van der Waals surface area contributed by atoms with Crippen LogP contribution in [0.5, 0.6) is 0 Å². The topological polar surface area (TPSA) is 79.9 Å². The lowest BCUT2D eigenvalue weighted by atomic mass is 10.2. The third kappa shape index (κ3) is 4.91. The van der Waals surface area contributed by atoms with Crippen LogP contribution in [0.1, 0.15) is 32.8 Å². The number of carbonyl (C=O) groups excluding carboxylic acids is 1. The first-order valence-electron chi connectivity index (χ1n) is 6.86. The van der Waals surface area contributed by atoms with E-state index >= 15 is 0 Å². The molecule has 0 bridgehead atoms. The van der Waals surface area contributed by atoms with E-state index in [1.165, 1.54) is 0 Å². The van der Waals surface area contributed by atoms with Crippen molar-refractivity contribution in [3.63, 3.8) is 0 Å². The minimum absolute atomic E-state index is 0.391. The fourth-order valence-corrected chi connectivity index (χ4v) is 1.74. The highest BCUT2D eigenvalue weighted by atomic mass is 16.6. The number of hydrogen-bond donors (Lipinski definition) is 2. The van der Waals surface area contributed by atoms with E-state index in [0.29, 0.717) is 6.54 Å². The number of fused-ring (bicyclic) bond motifs is 1. The number of pyridine rings is 1. The summed E-state index contributed by atoms with van der Waals surface area (Å²) < 4.78 is 5.15. The zero-order valence-electron chi connectivity index (χ0n) is 12.5. The molecule has 2 aromatic rings. The first-order chi connectivity index (χ1) is 9.94. The normalized spacial score (nSPS) is 12.0. The third-order valence-corrected chi connectivity index (χ3v) is 2.60. The molecular weight excluding hydrogens is 268 g/mol. The molecule has 0 radical (unpaired) electrons. The van der Waals surface area contributed by atoms with E-state index in [4.69, 9.17) is 4.74 Å². The van der Waals surface area contributed by atoms with Crippen molar-refractivity contribution in [1.29, 1.82) is 0 Å². The molecule has 6 heteroatoms. The molecule has 0 saturated carbocycles. The van der Waals surface area contributed by atoms with Gasteiger partial charge in [0.05, 0.1) is 6.20 Å². The maximum absolute atomic E-state index is 11.4. The van der Waals surface area contributed by atoms with E-state index in [-0.39, 0.29) is 0 Å². The van der Waals surface area contributed by atoms with Crippen LogP contribution in [0.4, 0.5) is 4.79 Å². The smallest absolute Gasteiger partial charge is 0.407 e. The Bertz CT molecular complexity index is 640. The molecule has 21 heavy (non-hydrogen) atoms. The van der Waals surface area contributed by atoms with Gasteiger partial charge in [0.25, 0.3) is 0 Å². The minimum atomic E-state index is -0.467. The predicted octanol–water partition coefficient (Wildman–Crippen LogP) is 2.89. The molecule has 0 aromatic carbocycles. The van der Waals surface area contributed by atoms with Crippen LogP contribution in [0.3, 0.4) is 0 Å². The number of alkyl carbamates (subject to hydrolysis) is 1. The lowest BCUT2D eigenvalue weighted by Gasteiger charge is -2.19. The Hall–Kier alpha value is -2.37. The van der Waals surface area contributed by atoms with Crippen molar-refractivity contribution >= 4 is 23.2 Å². The molecule has 6 nitrogen and oxygen atoms in total. The van der Waals surface area contributed by atoms with E-state index < -0.39 is 11.7 Å². The second kappa shape index (κ2) is 6.39. The maximum atomic E-state index is 11.4. The Balaban J connectivity index is 1.76. The second-order valence-corrected chi connectivity index (χ2v) is 5.70. The second-order valence-electron chi connectivity index (χ2n) is 5.70. The van der Waals surface area contributed by atoms with E-state index in [1.807, 2.05) is 39.0 Å². The van der Waals surface area contributed by atoms with Crippen LogP contribution < -0.4 is 5.32 Å². The molecule has 0 unspecified atom stereocenters. The molecule has 2 aromatic heterocycles. The van der Waals surface area contributed by atoms with Gasteiger partial charge < -0.3 is 10.1 Å². The number of carbonyl (C=O) groups is 1. The summed E-state index contributed by atoms with van der Waals surface area (Å²) in [6, 6.07) is 2.00. The van der Waals surface area contributed by atoms with Crippen LogP contribution in [0.2, 0.25) is 0 Å². The van der Waals surface area contributed by atoms with Crippen LogP contribution in [0, 0.1) is 0 Å². The monoisotopic (exact) mass is 288 g/mol. The highest BCUT2D eigenvalue weighted by Crippen LogP contribution is 2.11. The fourth-order valence-electron chi connectivity index (χ4n) is 1.74. The summed E-state index contributed by atoms with van der Waals surface area (Å²) in [5, 5.41) is 10.4. The van der Waals surface area contributed by atoms with Crippen molar-refractivity contribution < 1.29 is 9.53 Å². The predicted molar refractivity (Wildman–Crippen MR) is 81.8 cm³/mol. The summed E-state index contributed by atoms with van der Waals surface area (Å²) in [6.07, 6.45) is 7.80. The molecule has 0 aliphatic rings. The number of nitrogens with zero attached hydrogens (tertiary/aromatic N) is 2. The minimum Gasteiger partial charge on any atom is -0.444 e. The van der Waals surface area contributed by atoms with Gasteiger partial charge in [-0.25, -0.2) is 9.78 Å². The number of H-pyrrole nitrogens is 1. The van der Waals surface area contributed by atoms with Gasteiger partial charge in [-0.05, 0) is 38.8 Å². The molecule has 0 aliphatic carbocycles. The Morgan fingerprint density at radius 1 is 1.43 bits per heavy atom. The summed E-state index contributed by atoms with van der Waals surface area (Å²) in [7, 11) is 0. The molecule has 0 saturated heterocycles. The summed E-state index contributed by atoms with van der Waals surface area (Å²) in [5.41, 5.74) is 1.31. The summed E-state index contributed by atoms with van der Waals surface area (Å²) >= 11 is 0. The molecule has 2 N–H and O–H groups in total. The summed E-state index contributed by atoms with van der Waals surface area (Å²) in [4.78, 5) is 15.7. The van der Waals surface area contributed by atoms with Gasteiger partial charge in [0.15, 0.2) is 5.65 Å². The molecule has 112 valence electrons. The number of aromatic nitrogens is 3. The number of aromatic amines is 1. The quantitative estimate of drug-likeness (QED) is 0.848. The lowest BCUT2D eigenvalue weighted by Crippen LogP contribution is -2.32. The highest BCUT2D eigenvalue weighted by Gasteiger charge is 2.15. The van der Waals surface area contributed by atoms with Gasteiger partial charge in [-0.15, -0.1) is 0 Å². The van der Waals surface area contributed by atoms with Crippen molar-refractivity contribution in [2.24, 2.45) is 0 Å². The number of hydrogen-bond acceptors (Lipinski definition) is 4. The maximum Gasteiger partial charge on any atom is 0.407 e. The van der Waals surface area contributed by atoms with Crippen molar-refractivity contribution in [3.05, 3.63) is 30.1 Å². The van der Waals surface area contributed by atoms with Crippen molar-refractivity contribution in [2.75, 3.05) is 6.54 Å². The van der Waals surface area contributed by atoms with Crippen LogP contribution in [-0.2, 0) is 4.74 Å². The van der Waals surface area contributed by atoms with Crippen LogP contribution in [0.15, 0.2) is 24.5 Å². The van der Waals surface area contributed by atoms with Crippen LogP contribution >= 0.6 is 0 Å². The Morgan fingerprint density at radius 2 is 2.24 bits per heavy atom. The Labute approximate surface area is 123 Å². The zero-order chi connectivity index (χ0) is 15.3. The average Bonchev–Trinajstić information content (AvgIpc) is 2.83. The number of rotatable bonds is 4. The first kappa shape index (κ1) is 15.0. The molecule has 2 rings (SSSR count). The van der Waals surface area contributed by atoms with Crippen LogP contribution in [-0.4, -0.2) is 33.4 Å². The molecule has 1 amide bonds. The van der Waals surface area contributed by atoms with E-state index in [2.05, 4.69) is 20.5 Å². The van der Waals surface area contributed by atoms with Gasteiger partial charge >= 0.3 is 6.09 Å². The molecule has 0 atom stereocenters. The molecule has 0 fully saturated rings. The number of nitrogens with one attached hydrogen (secondary N) is 2. The summed E-state index contributed by atoms with van der Waals surface area (Å²) in [6.45, 7) is 6.05. The van der Waals surface area contributed by atoms with Gasteiger partial charge in [0.1, 0.15) is 5.60 Å². The number of amides is 1. The Morgan fingerprint density at radius 3 is 3.00 bits per heavy atom. The summed E-state index contributed by atoms with van der Waals surface area (Å²) in [5.74, 6) is 0. The van der Waals surface area contributed by atoms with E-state index in [1.54, 1.807) is 12.4 Å². The molecule has 0 spiro atoms. The van der Waals surface area contributed by atoms with Crippen molar-refractivity contribution in [2.45, 2.75) is 32.8 Å². The van der Waals surface area contributed by atoms with E-state index in [9.17, 15) is 4.79 Å². The molecular formula is C15H20N4O2. The van der Waals surface area contributed by atoms with Gasteiger partial charge in [-0.1, -0.05) is 12.2 Å². The molecule has 0 aliphatic heterocycles. The standard InChI is InChI=1S/C15H20N4O2/c1-15(2,3)21-14(20)16-7-5-4-6-11-8-12-10-18-19-13(12)17-9-11/h4,6,8-10H,5,7H2,1-3H3,(H,16,20)(H,17,18,19). The average molecular weight is 288 g/mol. The van der Waals surface area contributed by atoms with Crippen LogP contribution in [0.25, 0.3) is 17.1 Å². The van der Waals surface area contributed by atoms with Gasteiger partial charge in [-0.2, -0.15) is 5.10 Å².